The lowest BCUT2D eigenvalue weighted by Crippen LogP contribution is -1.86. The molecule has 0 bridgehead atoms. The zero-order valence-electron chi connectivity index (χ0n) is 8.07. The first-order valence-corrected chi connectivity index (χ1v) is 5.30. The predicted molar refractivity (Wildman–Crippen MR) is 65.5 cm³/mol. The van der Waals surface area contributed by atoms with Crippen LogP contribution in [0.2, 0.25) is 0 Å². The standard InChI is InChI=1S/C5H3FIN.C5H5FN2/c2*6-5-2-1-4(7)3-8-5/h1-3H;1-3H,7H2. The number of halogens is 3. The van der Waals surface area contributed by atoms with Crippen molar-refractivity contribution in [2.24, 2.45) is 0 Å². The van der Waals surface area contributed by atoms with Crippen molar-refractivity contribution in [2.45, 2.75) is 0 Å². The molecule has 0 amide bonds. The maximum atomic E-state index is 12.0. The van der Waals surface area contributed by atoms with Crippen molar-refractivity contribution in [1.29, 1.82) is 0 Å². The largest absolute Gasteiger partial charge is 0.397 e. The highest BCUT2D eigenvalue weighted by atomic mass is 127. The first-order valence-electron chi connectivity index (χ1n) is 4.22. The molecule has 0 atom stereocenters. The van der Waals surface area contributed by atoms with E-state index < -0.39 is 11.9 Å². The molecule has 0 saturated carbocycles. The minimum Gasteiger partial charge on any atom is -0.397 e. The molecule has 3 nitrogen and oxygen atoms in total. The lowest BCUT2D eigenvalue weighted by Gasteiger charge is -1.86. The summed E-state index contributed by atoms with van der Waals surface area (Å²) in [6, 6.07) is 5.68. The van der Waals surface area contributed by atoms with Crippen LogP contribution in [-0.4, -0.2) is 9.97 Å². The Morgan fingerprint density at radius 2 is 1.50 bits per heavy atom. The Balaban J connectivity index is 0.000000160. The van der Waals surface area contributed by atoms with Gasteiger partial charge in [0.1, 0.15) is 0 Å². The van der Waals surface area contributed by atoms with E-state index in [0.717, 1.165) is 3.57 Å². The van der Waals surface area contributed by atoms with Crippen molar-refractivity contribution in [1.82, 2.24) is 9.97 Å². The fourth-order valence-electron chi connectivity index (χ4n) is 0.745. The molecule has 2 rings (SSSR count). The van der Waals surface area contributed by atoms with Crippen LogP contribution < -0.4 is 5.73 Å². The van der Waals surface area contributed by atoms with E-state index in [1.807, 2.05) is 0 Å². The number of rotatable bonds is 0. The van der Waals surface area contributed by atoms with Gasteiger partial charge in [0.15, 0.2) is 0 Å². The molecule has 0 aliphatic heterocycles. The Hall–Kier alpha value is -1.31. The topological polar surface area (TPSA) is 51.8 Å². The smallest absolute Gasteiger partial charge is 0.212 e. The molecular formula is C10H8F2IN3. The fourth-order valence-corrected chi connectivity index (χ4v) is 1.06. The lowest BCUT2D eigenvalue weighted by atomic mass is 10.4. The Morgan fingerprint density at radius 1 is 0.938 bits per heavy atom. The number of nitrogens with two attached hydrogens (primary N) is 1. The van der Waals surface area contributed by atoms with Gasteiger partial charge in [-0.05, 0) is 46.9 Å². The summed E-state index contributed by atoms with van der Waals surface area (Å²) < 4.78 is 24.8. The van der Waals surface area contributed by atoms with Crippen LogP contribution in [0.3, 0.4) is 0 Å². The molecule has 0 spiro atoms. The molecule has 0 saturated heterocycles. The Labute approximate surface area is 105 Å². The highest BCUT2D eigenvalue weighted by Gasteiger charge is 1.86. The second-order valence-electron chi connectivity index (χ2n) is 2.71. The SMILES string of the molecule is Fc1ccc(I)cn1.Nc1ccc(F)nc1. The van der Waals surface area contributed by atoms with Gasteiger partial charge in [0.25, 0.3) is 0 Å². The van der Waals surface area contributed by atoms with Gasteiger partial charge in [-0.1, -0.05) is 0 Å². The Kier molecular flexibility index (Phi) is 5.03. The van der Waals surface area contributed by atoms with Gasteiger partial charge in [0.2, 0.25) is 11.9 Å². The van der Waals surface area contributed by atoms with Crippen LogP contribution in [0.4, 0.5) is 14.5 Å². The molecule has 2 N–H and O–H groups in total. The second kappa shape index (κ2) is 6.31. The monoisotopic (exact) mass is 335 g/mol. The third-order valence-electron chi connectivity index (χ3n) is 1.44. The minimum absolute atomic E-state index is 0.426. The van der Waals surface area contributed by atoms with E-state index in [-0.39, 0.29) is 0 Å². The van der Waals surface area contributed by atoms with Gasteiger partial charge in [-0.3, -0.25) is 0 Å². The normalized spacial score (nSPS) is 9.19. The van der Waals surface area contributed by atoms with Crippen LogP contribution in [0.15, 0.2) is 36.7 Å². The quantitative estimate of drug-likeness (QED) is 0.595. The first kappa shape index (κ1) is 12.8. The highest BCUT2D eigenvalue weighted by Crippen LogP contribution is 2.00. The van der Waals surface area contributed by atoms with Crippen LogP contribution in [-0.2, 0) is 0 Å². The maximum absolute atomic E-state index is 12.0. The molecule has 0 aliphatic carbocycles. The van der Waals surface area contributed by atoms with Gasteiger partial charge in [0, 0.05) is 9.77 Å². The molecule has 2 aromatic heterocycles. The molecule has 0 unspecified atom stereocenters. The molecule has 2 aromatic rings. The van der Waals surface area contributed by atoms with Crippen LogP contribution in [0.1, 0.15) is 0 Å². The van der Waals surface area contributed by atoms with Crippen molar-refractivity contribution in [2.75, 3.05) is 5.73 Å². The van der Waals surface area contributed by atoms with E-state index >= 15 is 0 Å². The summed E-state index contributed by atoms with van der Waals surface area (Å²) in [6.07, 6.45) is 2.76. The molecule has 84 valence electrons. The van der Waals surface area contributed by atoms with Crippen LogP contribution in [0.25, 0.3) is 0 Å². The summed E-state index contributed by atoms with van der Waals surface area (Å²) in [6.45, 7) is 0. The van der Waals surface area contributed by atoms with E-state index in [1.165, 1.54) is 30.6 Å². The summed E-state index contributed by atoms with van der Waals surface area (Å²) in [5.74, 6) is -0.926. The summed E-state index contributed by atoms with van der Waals surface area (Å²) in [5.41, 5.74) is 5.68. The highest BCUT2D eigenvalue weighted by molar-refractivity contribution is 14.1. The van der Waals surface area contributed by atoms with Crippen LogP contribution in [0, 0.1) is 15.5 Å². The predicted octanol–water partition coefficient (Wildman–Crippen LogP) is 2.63. The van der Waals surface area contributed by atoms with Crippen LogP contribution >= 0.6 is 22.6 Å². The summed E-state index contributed by atoms with van der Waals surface area (Å²) in [5, 5.41) is 0. The first-order chi connectivity index (χ1) is 7.58. The van der Waals surface area contributed by atoms with E-state index in [9.17, 15) is 8.78 Å². The summed E-state index contributed by atoms with van der Waals surface area (Å²) in [4.78, 5) is 6.69. The van der Waals surface area contributed by atoms with Gasteiger partial charge < -0.3 is 5.73 Å². The Morgan fingerprint density at radius 3 is 1.81 bits per heavy atom. The van der Waals surface area contributed by atoms with Crippen molar-refractivity contribution < 1.29 is 8.78 Å². The van der Waals surface area contributed by atoms with Crippen molar-refractivity contribution >= 4 is 28.3 Å². The number of nitrogen functional groups attached to an aromatic ring is 1. The average Bonchev–Trinajstić information content (AvgIpc) is 2.28. The van der Waals surface area contributed by atoms with Crippen molar-refractivity contribution in [3.8, 4) is 0 Å². The van der Waals surface area contributed by atoms with E-state index in [0.29, 0.717) is 5.69 Å². The van der Waals surface area contributed by atoms with Gasteiger partial charge in [0.05, 0.1) is 11.9 Å². The molecular weight excluding hydrogens is 327 g/mol. The molecule has 0 fully saturated rings. The van der Waals surface area contributed by atoms with E-state index in [1.54, 1.807) is 6.07 Å². The number of nitrogens with zero attached hydrogens (tertiary/aromatic N) is 2. The number of aromatic nitrogens is 2. The molecule has 0 aromatic carbocycles. The zero-order chi connectivity index (χ0) is 12.0. The van der Waals surface area contributed by atoms with E-state index in [4.69, 9.17) is 5.73 Å². The fraction of sp³-hybridized carbons (Fsp3) is 0. The Bertz CT molecular complexity index is 345. The molecule has 16 heavy (non-hydrogen) atoms. The number of anilines is 1. The third-order valence-corrected chi connectivity index (χ3v) is 2.08. The lowest BCUT2D eigenvalue weighted by molar-refractivity contribution is 0.583. The number of hydrogen-bond acceptors (Lipinski definition) is 3. The van der Waals surface area contributed by atoms with E-state index in [2.05, 4.69) is 32.6 Å². The number of hydrogen-bond donors (Lipinski definition) is 1. The average molecular weight is 335 g/mol. The molecule has 6 heteroatoms. The van der Waals surface area contributed by atoms with Gasteiger partial charge in [-0.25, -0.2) is 9.97 Å². The molecule has 0 radical (unpaired) electrons. The number of pyridine rings is 2. The van der Waals surface area contributed by atoms with Crippen molar-refractivity contribution in [3.05, 3.63) is 52.1 Å². The van der Waals surface area contributed by atoms with Gasteiger partial charge in [-0.2, -0.15) is 8.78 Å². The molecule has 2 heterocycles. The van der Waals surface area contributed by atoms with Gasteiger partial charge in [-0.15, -0.1) is 0 Å². The van der Waals surface area contributed by atoms with Crippen LogP contribution in [0.5, 0.6) is 0 Å². The summed E-state index contributed by atoms with van der Waals surface area (Å²) >= 11 is 2.07. The minimum atomic E-state index is -0.501. The van der Waals surface area contributed by atoms with Gasteiger partial charge >= 0.3 is 0 Å². The zero-order valence-corrected chi connectivity index (χ0v) is 10.2. The third kappa shape index (κ3) is 4.96. The second-order valence-corrected chi connectivity index (χ2v) is 3.96. The maximum Gasteiger partial charge on any atom is 0.212 e. The van der Waals surface area contributed by atoms with Crippen molar-refractivity contribution in [3.63, 3.8) is 0 Å². The summed E-state index contributed by atoms with van der Waals surface area (Å²) in [7, 11) is 0. The molecule has 0 aliphatic rings.